The van der Waals surface area contributed by atoms with Crippen LogP contribution in [0.1, 0.15) is 59.5 Å². The van der Waals surface area contributed by atoms with E-state index in [-0.39, 0.29) is 5.78 Å². The van der Waals surface area contributed by atoms with Crippen LogP contribution in [0.5, 0.6) is 0 Å². The molecule has 21 heavy (non-hydrogen) atoms. The lowest BCUT2D eigenvalue weighted by atomic mass is 9.81. The van der Waals surface area contributed by atoms with Gasteiger partial charge in [0.05, 0.1) is 0 Å². The van der Waals surface area contributed by atoms with E-state index in [9.17, 15) is 4.79 Å². The van der Waals surface area contributed by atoms with E-state index in [2.05, 4.69) is 12.1 Å². The average Bonchev–Trinajstić information content (AvgIpc) is 2.56. The van der Waals surface area contributed by atoms with Crippen molar-refractivity contribution in [3.63, 3.8) is 0 Å². The molecule has 0 aromatic heterocycles. The fourth-order valence-corrected chi connectivity index (χ4v) is 3.40. The maximum atomic E-state index is 12.7. The monoisotopic (exact) mass is 278 g/mol. The number of carbonyl (C=O) groups excluding carboxylic acids is 1. The molecule has 0 aliphatic heterocycles. The predicted octanol–water partition coefficient (Wildman–Crippen LogP) is 5.16. The summed E-state index contributed by atoms with van der Waals surface area (Å²) in [6, 6.07) is 18.3. The van der Waals surface area contributed by atoms with Crippen molar-refractivity contribution in [2.45, 2.75) is 44.4 Å². The molecule has 2 aromatic rings. The molecule has 1 fully saturated rings. The molecule has 1 saturated carbocycles. The van der Waals surface area contributed by atoms with Crippen molar-refractivity contribution in [2.75, 3.05) is 0 Å². The number of rotatable bonds is 4. The van der Waals surface area contributed by atoms with Gasteiger partial charge in [0.25, 0.3) is 0 Å². The third kappa shape index (κ3) is 3.41. The van der Waals surface area contributed by atoms with Gasteiger partial charge < -0.3 is 0 Å². The van der Waals surface area contributed by atoms with E-state index in [0.717, 1.165) is 11.1 Å². The molecule has 0 saturated heterocycles. The molecule has 108 valence electrons. The summed E-state index contributed by atoms with van der Waals surface area (Å²) in [7, 11) is 0. The van der Waals surface area contributed by atoms with Crippen LogP contribution in [0, 0.1) is 0 Å². The maximum absolute atomic E-state index is 12.7. The Labute approximate surface area is 127 Å². The highest BCUT2D eigenvalue weighted by Crippen LogP contribution is 2.34. The minimum absolute atomic E-state index is 0.252. The van der Waals surface area contributed by atoms with Crippen molar-refractivity contribution in [3.8, 4) is 0 Å². The van der Waals surface area contributed by atoms with Gasteiger partial charge in [-0.25, -0.2) is 0 Å². The highest BCUT2D eigenvalue weighted by Gasteiger charge is 2.20. The molecule has 0 spiro atoms. The molecule has 1 aliphatic rings. The summed E-state index contributed by atoms with van der Waals surface area (Å²) in [5.74, 6) is 0.831. The van der Waals surface area contributed by atoms with Crippen molar-refractivity contribution in [1.82, 2.24) is 0 Å². The van der Waals surface area contributed by atoms with Crippen LogP contribution < -0.4 is 0 Å². The summed E-state index contributed by atoms with van der Waals surface area (Å²) in [5.41, 5.74) is 3.31. The van der Waals surface area contributed by atoms with Gasteiger partial charge in [-0.2, -0.15) is 0 Å². The molecule has 0 atom stereocenters. The Kier molecular flexibility index (Phi) is 4.49. The normalized spacial score (nSPS) is 15.8. The van der Waals surface area contributed by atoms with Gasteiger partial charge in [0.15, 0.2) is 5.78 Å². The van der Waals surface area contributed by atoms with E-state index in [1.807, 2.05) is 42.5 Å². The Bertz CT molecular complexity index is 594. The van der Waals surface area contributed by atoms with Crippen LogP contribution in [0.3, 0.4) is 0 Å². The van der Waals surface area contributed by atoms with E-state index < -0.39 is 0 Å². The van der Waals surface area contributed by atoms with Gasteiger partial charge in [0.1, 0.15) is 0 Å². The van der Waals surface area contributed by atoms with Crippen LogP contribution >= 0.6 is 0 Å². The molecule has 0 heterocycles. The number of ketones is 1. The topological polar surface area (TPSA) is 17.1 Å². The standard InChI is InChI=1S/C20H22O/c21-20(15-16-9-3-1-4-10-16)19-14-8-7-13-18(19)17-11-5-2-6-12-17/h1,3-4,7-10,13-14,17H,2,5-6,11-12,15H2. The highest BCUT2D eigenvalue weighted by molar-refractivity contribution is 5.99. The Hall–Kier alpha value is -1.89. The second-order valence-corrected chi connectivity index (χ2v) is 6.01. The number of Topliss-reactive ketones (excluding diaryl/α,β-unsaturated/α-hetero) is 1. The summed E-state index contributed by atoms with van der Waals surface area (Å²) in [6.07, 6.45) is 6.91. The SMILES string of the molecule is O=C(Cc1ccccc1)c1ccccc1C1CCCCC1. The molecule has 0 bridgehead atoms. The lowest BCUT2D eigenvalue weighted by molar-refractivity contribution is 0.0991. The summed E-state index contributed by atoms with van der Waals surface area (Å²) < 4.78 is 0. The smallest absolute Gasteiger partial charge is 0.167 e. The number of hydrogen-bond donors (Lipinski definition) is 0. The van der Waals surface area contributed by atoms with Gasteiger partial charge in [-0.3, -0.25) is 4.79 Å². The van der Waals surface area contributed by atoms with E-state index in [1.54, 1.807) is 0 Å². The molecule has 1 heteroatoms. The third-order valence-corrected chi connectivity index (χ3v) is 4.51. The van der Waals surface area contributed by atoms with E-state index in [1.165, 1.54) is 37.7 Å². The first-order valence-corrected chi connectivity index (χ1v) is 8.00. The Morgan fingerprint density at radius 3 is 2.29 bits per heavy atom. The maximum Gasteiger partial charge on any atom is 0.167 e. The van der Waals surface area contributed by atoms with Crippen LogP contribution in [0.4, 0.5) is 0 Å². The summed E-state index contributed by atoms with van der Waals surface area (Å²) in [5, 5.41) is 0. The van der Waals surface area contributed by atoms with Gasteiger partial charge in [-0.15, -0.1) is 0 Å². The minimum Gasteiger partial charge on any atom is -0.294 e. The Balaban J connectivity index is 1.82. The molecule has 1 nitrogen and oxygen atoms in total. The highest BCUT2D eigenvalue weighted by atomic mass is 16.1. The van der Waals surface area contributed by atoms with Crippen LogP contribution in [0.25, 0.3) is 0 Å². The molecule has 0 N–H and O–H groups in total. The third-order valence-electron chi connectivity index (χ3n) is 4.51. The predicted molar refractivity (Wildman–Crippen MR) is 86.7 cm³/mol. The summed E-state index contributed by atoms with van der Waals surface area (Å²) in [4.78, 5) is 12.7. The average molecular weight is 278 g/mol. The molecular weight excluding hydrogens is 256 g/mol. The van der Waals surface area contributed by atoms with Gasteiger partial charge >= 0.3 is 0 Å². The molecule has 0 radical (unpaired) electrons. The van der Waals surface area contributed by atoms with Crippen molar-refractivity contribution >= 4 is 5.78 Å². The quantitative estimate of drug-likeness (QED) is 0.706. The van der Waals surface area contributed by atoms with Crippen LogP contribution in [-0.2, 0) is 6.42 Å². The van der Waals surface area contributed by atoms with Crippen molar-refractivity contribution in [2.24, 2.45) is 0 Å². The molecule has 0 unspecified atom stereocenters. The summed E-state index contributed by atoms with van der Waals surface area (Å²) in [6.45, 7) is 0. The first-order chi connectivity index (χ1) is 10.3. The van der Waals surface area contributed by atoms with Crippen molar-refractivity contribution in [1.29, 1.82) is 0 Å². The van der Waals surface area contributed by atoms with E-state index in [0.29, 0.717) is 12.3 Å². The number of benzene rings is 2. The molecule has 2 aromatic carbocycles. The zero-order valence-corrected chi connectivity index (χ0v) is 12.4. The van der Waals surface area contributed by atoms with Crippen LogP contribution in [0.15, 0.2) is 54.6 Å². The fourth-order valence-electron chi connectivity index (χ4n) is 3.40. The molecule has 3 rings (SSSR count). The van der Waals surface area contributed by atoms with E-state index >= 15 is 0 Å². The van der Waals surface area contributed by atoms with Crippen molar-refractivity contribution in [3.05, 3.63) is 71.3 Å². The molecular formula is C20H22O. The lowest BCUT2D eigenvalue weighted by Gasteiger charge is -2.24. The first kappa shape index (κ1) is 14.1. The molecule has 1 aliphatic carbocycles. The fraction of sp³-hybridized carbons (Fsp3) is 0.350. The van der Waals surface area contributed by atoms with Gasteiger partial charge in [0.2, 0.25) is 0 Å². The first-order valence-electron chi connectivity index (χ1n) is 8.00. The number of carbonyl (C=O) groups is 1. The Morgan fingerprint density at radius 2 is 1.52 bits per heavy atom. The number of hydrogen-bond acceptors (Lipinski definition) is 1. The zero-order chi connectivity index (χ0) is 14.5. The van der Waals surface area contributed by atoms with E-state index in [4.69, 9.17) is 0 Å². The van der Waals surface area contributed by atoms with Crippen LogP contribution in [-0.4, -0.2) is 5.78 Å². The minimum atomic E-state index is 0.252. The van der Waals surface area contributed by atoms with Gasteiger partial charge in [0, 0.05) is 12.0 Å². The molecule has 0 amide bonds. The van der Waals surface area contributed by atoms with Crippen molar-refractivity contribution < 1.29 is 4.79 Å². The lowest BCUT2D eigenvalue weighted by Crippen LogP contribution is -2.12. The zero-order valence-electron chi connectivity index (χ0n) is 12.4. The van der Waals surface area contributed by atoms with Gasteiger partial charge in [-0.1, -0.05) is 73.9 Å². The second-order valence-electron chi connectivity index (χ2n) is 6.01. The summed E-state index contributed by atoms with van der Waals surface area (Å²) >= 11 is 0. The Morgan fingerprint density at radius 1 is 0.857 bits per heavy atom. The van der Waals surface area contributed by atoms with Crippen LogP contribution in [0.2, 0.25) is 0 Å². The second kappa shape index (κ2) is 6.71. The largest absolute Gasteiger partial charge is 0.294 e. The van der Waals surface area contributed by atoms with Gasteiger partial charge in [-0.05, 0) is 29.9 Å².